The van der Waals surface area contributed by atoms with Crippen LogP contribution in [-0.4, -0.2) is 56.7 Å². The first-order valence-electron chi connectivity index (χ1n) is 10.6. The fourth-order valence-corrected chi connectivity index (χ4v) is 3.91. The van der Waals surface area contributed by atoms with E-state index in [0.717, 1.165) is 25.3 Å². The fourth-order valence-electron chi connectivity index (χ4n) is 3.91. The van der Waals surface area contributed by atoms with Crippen molar-refractivity contribution in [3.05, 3.63) is 84.4 Å². The van der Waals surface area contributed by atoms with E-state index in [1.807, 2.05) is 53.4 Å². The minimum atomic E-state index is -0.131. The normalized spacial score (nSPS) is 14.6. The summed E-state index contributed by atoms with van der Waals surface area (Å²) in [5.41, 5.74) is 9.23. The van der Waals surface area contributed by atoms with Gasteiger partial charge >= 0.3 is 0 Å². The predicted molar refractivity (Wildman–Crippen MR) is 121 cm³/mol. The molecule has 162 valence electrons. The van der Waals surface area contributed by atoms with Crippen LogP contribution in [0, 0.1) is 0 Å². The van der Waals surface area contributed by atoms with E-state index in [9.17, 15) is 4.79 Å². The minimum Gasteiger partial charge on any atom is -0.443 e. The van der Waals surface area contributed by atoms with E-state index >= 15 is 0 Å². The summed E-state index contributed by atoms with van der Waals surface area (Å²) in [5.74, 6) is 0.565. The Bertz CT molecular complexity index is 1190. The lowest BCUT2D eigenvalue weighted by Gasteiger charge is -2.34. The highest BCUT2D eigenvalue weighted by molar-refractivity contribution is 5.92. The van der Waals surface area contributed by atoms with E-state index in [1.165, 1.54) is 11.8 Å². The molecule has 8 heteroatoms. The Morgan fingerprint density at radius 1 is 0.969 bits per heavy atom. The lowest BCUT2D eigenvalue weighted by Crippen LogP contribution is -2.48. The van der Waals surface area contributed by atoms with E-state index in [0.29, 0.717) is 24.5 Å². The number of oxazole rings is 1. The lowest BCUT2D eigenvalue weighted by molar-refractivity contribution is 0.0622. The topological polar surface area (TPSA) is 93.4 Å². The van der Waals surface area contributed by atoms with Crippen LogP contribution in [0.2, 0.25) is 0 Å². The van der Waals surface area contributed by atoms with E-state index in [2.05, 4.69) is 27.1 Å². The predicted octanol–water partition coefficient (Wildman–Crippen LogP) is 3.07. The molecule has 2 N–H and O–H groups in total. The minimum absolute atomic E-state index is 0.131. The van der Waals surface area contributed by atoms with Crippen LogP contribution in [0.15, 0.2) is 77.5 Å². The van der Waals surface area contributed by atoms with Gasteiger partial charge in [-0.2, -0.15) is 5.10 Å². The Hall–Kier alpha value is -3.91. The molecule has 0 unspecified atom stereocenters. The second kappa shape index (κ2) is 8.68. The first-order valence-corrected chi connectivity index (χ1v) is 10.6. The van der Waals surface area contributed by atoms with Crippen molar-refractivity contribution in [2.45, 2.75) is 6.54 Å². The molecule has 0 bridgehead atoms. The van der Waals surface area contributed by atoms with E-state index in [-0.39, 0.29) is 17.5 Å². The van der Waals surface area contributed by atoms with Gasteiger partial charge in [-0.05, 0) is 17.7 Å². The van der Waals surface area contributed by atoms with Gasteiger partial charge in [-0.25, -0.2) is 9.67 Å². The quantitative estimate of drug-likeness (QED) is 0.525. The third kappa shape index (κ3) is 4.00. The Kier molecular flexibility index (Phi) is 5.43. The number of nitrogens with two attached hydrogens (primary N) is 1. The Morgan fingerprint density at radius 3 is 2.38 bits per heavy atom. The van der Waals surface area contributed by atoms with Crippen molar-refractivity contribution < 1.29 is 9.21 Å². The molecule has 8 nitrogen and oxygen atoms in total. The van der Waals surface area contributed by atoms with Crippen molar-refractivity contribution in [3.8, 4) is 17.1 Å². The molecule has 0 saturated carbocycles. The molecule has 1 aliphatic rings. The first kappa shape index (κ1) is 20.0. The molecular weight excluding hydrogens is 404 g/mol. The van der Waals surface area contributed by atoms with Crippen LogP contribution in [0.5, 0.6) is 0 Å². The van der Waals surface area contributed by atoms with Gasteiger partial charge in [0.15, 0.2) is 5.69 Å². The molecule has 3 heterocycles. The van der Waals surface area contributed by atoms with Gasteiger partial charge in [0.2, 0.25) is 5.89 Å². The maximum absolute atomic E-state index is 13.0. The van der Waals surface area contributed by atoms with Gasteiger partial charge in [-0.1, -0.05) is 48.5 Å². The van der Waals surface area contributed by atoms with Crippen LogP contribution in [0.25, 0.3) is 17.1 Å². The zero-order valence-electron chi connectivity index (χ0n) is 17.6. The molecule has 0 spiro atoms. The number of rotatable bonds is 5. The number of benzene rings is 2. The molecule has 1 fully saturated rings. The molecule has 2 aromatic carbocycles. The number of amides is 1. The third-order valence-corrected chi connectivity index (χ3v) is 5.67. The number of para-hydroxylation sites is 1. The highest BCUT2D eigenvalue weighted by atomic mass is 16.3. The van der Waals surface area contributed by atoms with Gasteiger partial charge in [-0.15, -0.1) is 0 Å². The molecule has 2 aromatic heterocycles. The monoisotopic (exact) mass is 428 g/mol. The zero-order chi connectivity index (χ0) is 21.9. The van der Waals surface area contributed by atoms with Crippen molar-refractivity contribution in [1.82, 2.24) is 24.6 Å². The summed E-state index contributed by atoms with van der Waals surface area (Å²) in [6.45, 7) is 3.84. The largest absolute Gasteiger partial charge is 0.443 e. The summed E-state index contributed by atoms with van der Waals surface area (Å²) in [6.07, 6.45) is 3.00. The molecule has 5 rings (SSSR count). The van der Waals surface area contributed by atoms with Gasteiger partial charge in [-0.3, -0.25) is 9.69 Å². The average Bonchev–Trinajstić information content (AvgIpc) is 3.47. The molecule has 0 aliphatic carbocycles. The number of carbonyl (C=O) groups excluding carboxylic acids is 1. The Labute approximate surface area is 185 Å². The number of nitrogen functional groups attached to an aromatic ring is 1. The third-order valence-electron chi connectivity index (χ3n) is 5.67. The first-order chi connectivity index (χ1) is 15.7. The van der Waals surface area contributed by atoms with E-state index in [1.54, 1.807) is 10.9 Å². The van der Waals surface area contributed by atoms with Crippen molar-refractivity contribution in [2.24, 2.45) is 0 Å². The van der Waals surface area contributed by atoms with Gasteiger partial charge < -0.3 is 15.1 Å². The molecule has 4 aromatic rings. The maximum atomic E-state index is 13.0. The Morgan fingerprint density at radius 2 is 1.66 bits per heavy atom. The van der Waals surface area contributed by atoms with Gasteiger partial charge in [0.1, 0.15) is 12.1 Å². The highest BCUT2D eigenvalue weighted by Gasteiger charge is 2.25. The smallest absolute Gasteiger partial charge is 0.275 e. The molecule has 1 amide bonds. The van der Waals surface area contributed by atoms with Crippen molar-refractivity contribution in [3.63, 3.8) is 0 Å². The highest BCUT2D eigenvalue weighted by Crippen LogP contribution is 2.27. The number of hydrogen-bond acceptors (Lipinski definition) is 6. The molecule has 0 atom stereocenters. The molecule has 1 saturated heterocycles. The van der Waals surface area contributed by atoms with Crippen molar-refractivity contribution >= 4 is 11.7 Å². The number of aromatic nitrogens is 3. The number of carbonyl (C=O) groups is 1. The molecule has 32 heavy (non-hydrogen) atoms. The standard InChI is InChI=1S/C24H24N6O2/c25-22-20(15-26-30(22)19-9-5-2-6-10-19)23-27-21(17-32-23)24(31)29-13-11-28(12-14-29)16-18-7-3-1-4-8-18/h1-10,15,17H,11-14,16,25H2. The SMILES string of the molecule is Nc1c(-c2nc(C(=O)N3CCN(Cc4ccccc4)CC3)co2)cnn1-c1ccccc1. The number of hydrogen-bond donors (Lipinski definition) is 1. The van der Waals surface area contributed by atoms with Crippen LogP contribution in [0.4, 0.5) is 5.82 Å². The average molecular weight is 428 g/mol. The van der Waals surface area contributed by atoms with Crippen molar-refractivity contribution in [2.75, 3.05) is 31.9 Å². The molecule has 1 aliphatic heterocycles. The second-order valence-electron chi connectivity index (χ2n) is 7.78. The second-order valence-corrected chi connectivity index (χ2v) is 7.78. The zero-order valence-corrected chi connectivity index (χ0v) is 17.6. The Balaban J connectivity index is 1.25. The summed E-state index contributed by atoms with van der Waals surface area (Å²) >= 11 is 0. The van der Waals surface area contributed by atoms with Gasteiger partial charge in [0.25, 0.3) is 5.91 Å². The summed E-state index contributed by atoms with van der Waals surface area (Å²) in [4.78, 5) is 21.5. The van der Waals surface area contributed by atoms with Crippen LogP contribution in [-0.2, 0) is 6.54 Å². The van der Waals surface area contributed by atoms with Crippen LogP contribution >= 0.6 is 0 Å². The molecular formula is C24H24N6O2. The summed E-state index contributed by atoms with van der Waals surface area (Å²) in [7, 11) is 0. The number of nitrogens with zero attached hydrogens (tertiary/aromatic N) is 5. The van der Waals surface area contributed by atoms with Crippen LogP contribution < -0.4 is 5.73 Å². The van der Waals surface area contributed by atoms with Crippen molar-refractivity contribution in [1.29, 1.82) is 0 Å². The van der Waals surface area contributed by atoms with E-state index in [4.69, 9.17) is 10.2 Å². The number of piperazine rings is 1. The van der Waals surface area contributed by atoms with Gasteiger partial charge in [0.05, 0.1) is 17.4 Å². The summed E-state index contributed by atoms with van der Waals surface area (Å²) < 4.78 is 7.21. The fraction of sp³-hybridized carbons (Fsp3) is 0.208. The van der Waals surface area contributed by atoms with Crippen LogP contribution in [0.3, 0.4) is 0 Å². The van der Waals surface area contributed by atoms with Gasteiger partial charge in [0, 0.05) is 32.7 Å². The molecule has 0 radical (unpaired) electrons. The summed E-state index contributed by atoms with van der Waals surface area (Å²) in [6, 6.07) is 19.9. The van der Waals surface area contributed by atoms with E-state index < -0.39 is 0 Å². The van der Waals surface area contributed by atoms with Crippen LogP contribution in [0.1, 0.15) is 16.1 Å². The maximum Gasteiger partial charge on any atom is 0.275 e. The summed E-state index contributed by atoms with van der Waals surface area (Å²) in [5, 5.41) is 4.34. The lowest BCUT2D eigenvalue weighted by atomic mass is 10.2. The number of anilines is 1.